The summed E-state index contributed by atoms with van der Waals surface area (Å²) in [5, 5.41) is 3.62. The Hall–Kier alpha value is -0.860. The Morgan fingerprint density at radius 1 is 1.14 bits per heavy atom. The number of hydrogen-bond acceptors (Lipinski definition) is 2. The third kappa shape index (κ3) is 3.87. The molecule has 116 valence electrons. The molecule has 0 amide bonds. The molecule has 0 aromatic heterocycles. The molecule has 21 heavy (non-hydrogen) atoms. The molecule has 0 radical (unpaired) electrons. The van der Waals surface area contributed by atoms with Gasteiger partial charge in [-0.2, -0.15) is 0 Å². The molecule has 1 unspecified atom stereocenters. The van der Waals surface area contributed by atoms with E-state index in [-0.39, 0.29) is 0 Å². The lowest BCUT2D eigenvalue weighted by molar-refractivity contribution is 0.137. The molecule has 0 saturated carbocycles. The molecule has 1 heterocycles. The maximum absolute atomic E-state index is 3.62. The monoisotopic (exact) mass is 286 g/mol. The highest BCUT2D eigenvalue weighted by Gasteiger charge is 2.22. The van der Waals surface area contributed by atoms with Gasteiger partial charge in [0.15, 0.2) is 0 Å². The zero-order chi connectivity index (χ0) is 14.5. The van der Waals surface area contributed by atoms with Crippen molar-refractivity contribution in [1.29, 1.82) is 0 Å². The zero-order valence-corrected chi connectivity index (χ0v) is 13.5. The molecule has 1 atom stereocenters. The molecule has 1 saturated heterocycles. The van der Waals surface area contributed by atoms with Gasteiger partial charge in [-0.05, 0) is 68.3 Å². The molecule has 0 bridgehead atoms. The highest BCUT2D eigenvalue weighted by atomic mass is 15.2. The number of hydrogen-bond donors (Lipinski definition) is 1. The molecule has 1 aliphatic heterocycles. The second kappa shape index (κ2) is 7.42. The summed E-state index contributed by atoms with van der Waals surface area (Å²) in [4.78, 5) is 2.71. The SMILES string of the molecule is CCCNCC1CCCCN1Cc1ccc2c(c1)CCC2. The van der Waals surface area contributed by atoms with Crippen LogP contribution in [0.3, 0.4) is 0 Å². The molecule has 2 nitrogen and oxygen atoms in total. The first-order chi connectivity index (χ1) is 10.4. The van der Waals surface area contributed by atoms with Crippen molar-refractivity contribution >= 4 is 0 Å². The normalized spacial score (nSPS) is 22.4. The van der Waals surface area contributed by atoms with E-state index in [1.807, 2.05) is 0 Å². The second-order valence-corrected chi connectivity index (χ2v) is 6.78. The van der Waals surface area contributed by atoms with Gasteiger partial charge in [-0.15, -0.1) is 0 Å². The lowest BCUT2D eigenvalue weighted by Gasteiger charge is -2.36. The maximum Gasteiger partial charge on any atom is 0.0237 e. The van der Waals surface area contributed by atoms with Crippen molar-refractivity contribution in [2.45, 2.75) is 64.5 Å². The van der Waals surface area contributed by atoms with Gasteiger partial charge in [0.2, 0.25) is 0 Å². The van der Waals surface area contributed by atoms with Crippen LogP contribution in [0.2, 0.25) is 0 Å². The summed E-state index contributed by atoms with van der Waals surface area (Å²) in [6.45, 7) is 6.99. The summed E-state index contributed by atoms with van der Waals surface area (Å²) in [7, 11) is 0. The minimum Gasteiger partial charge on any atom is -0.315 e. The van der Waals surface area contributed by atoms with Gasteiger partial charge in [0.05, 0.1) is 0 Å². The van der Waals surface area contributed by atoms with Crippen molar-refractivity contribution in [1.82, 2.24) is 10.2 Å². The molecule has 3 rings (SSSR count). The minimum atomic E-state index is 0.735. The fourth-order valence-electron chi connectivity index (χ4n) is 3.90. The van der Waals surface area contributed by atoms with Crippen molar-refractivity contribution in [3.8, 4) is 0 Å². The van der Waals surface area contributed by atoms with Gasteiger partial charge in [-0.25, -0.2) is 0 Å². The van der Waals surface area contributed by atoms with E-state index in [2.05, 4.69) is 35.3 Å². The third-order valence-electron chi connectivity index (χ3n) is 5.10. The molecule has 0 spiro atoms. The number of likely N-dealkylation sites (tertiary alicyclic amines) is 1. The van der Waals surface area contributed by atoms with E-state index in [4.69, 9.17) is 0 Å². The molecular formula is C19H30N2. The Balaban J connectivity index is 1.61. The third-order valence-corrected chi connectivity index (χ3v) is 5.10. The maximum atomic E-state index is 3.62. The Morgan fingerprint density at radius 2 is 2.05 bits per heavy atom. The van der Waals surface area contributed by atoms with E-state index in [0.717, 1.165) is 19.1 Å². The molecule has 1 N–H and O–H groups in total. The van der Waals surface area contributed by atoms with Crippen LogP contribution < -0.4 is 5.32 Å². The Labute approximate surface area is 129 Å². The molecule has 1 aliphatic carbocycles. The average molecular weight is 286 g/mol. The number of fused-ring (bicyclic) bond motifs is 1. The first-order valence-electron chi connectivity index (χ1n) is 8.92. The standard InChI is InChI=1S/C19H30N2/c1-2-11-20-14-19-8-3-4-12-21(19)15-16-9-10-17-6-5-7-18(17)13-16/h9-10,13,19-20H,2-8,11-12,14-15H2,1H3. The fourth-order valence-corrected chi connectivity index (χ4v) is 3.90. The van der Waals surface area contributed by atoms with Gasteiger partial charge in [0, 0.05) is 19.1 Å². The summed E-state index contributed by atoms with van der Waals surface area (Å²) in [5.74, 6) is 0. The van der Waals surface area contributed by atoms with Crippen LogP contribution in [0.4, 0.5) is 0 Å². The molecule has 2 heteroatoms. The average Bonchev–Trinajstić information content (AvgIpc) is 2.97. The van der Waals surface area contributed by atoms with E-state index in [1.54, 1.807) is 11.1 Å². The van der Waals surface area contributed by atoms with Crippen LogP contribution in [0.1, 0.15) is 55.7 Å². The van der Waals surface area contributed by atoms with Crippen molar-refractivity contribution in [3.63, 3.8) is 0 Å². The van der Waals surface area contributed by atoms with E-state index in [0.29, 0.717) is 0 Å². The number of benzene rings is 1. The summed E-state index contributed by atoms with van der Waals surface area (Å²) in [6.07, 6.45) is 9.31. The minimum absolute atomic E-state index is 0.735. The molecule has 1 aromatic rings. The van der Waals surface area contributed by atoms with E-state index < -0.39 is 0 Å². The van der Waals surface area contributed by atoms with Crippen LogP contribution in [0.15, 0.2) is 18.2 Å². The van der Waals surface area contributed by atoms with Crippen LogP contribution in [0.5, 0.6) is 0 Å². The number of piperidine rings is 1. The zero-order valence-electron chi connectivity index (χ0n) is 13.5. The number of nitrogens with zero attached hydrogens (tertiary/aromatic N) is 1. The molecule has 2 aliphatic rings. The van der Waals surface area contributed by atoms with Gasteiger partial charge < -0.3 is 5.32 Å². The van der Waals surface area contributed by atoms with Gasteiger partial charge >= 0.3 is 0 Å². The van der Waals surface area contributed by atoms with E-state index in [9.17, 15) is 0 Å². The van der Waals surface area contributed by atoms with E-state index in [1.165, 1.54) is 63.6 Å². The Kier molecular flexibility index (Phi) is 5.32. The van der Waals surface area contributed by atoms with Gasteiger partial charge in [0.1, 0.15) is 0 Å². The summed E-state index contributed by atoms with van der Waals surface area (Å²) < 4.78 is 0. The van der Waals surface area contributed by atoms with Crippen LogP contribution in [0, 0.1) is 0 Å². The predicted octanol–water partition coefficient (Wildman–Crippen LogP) is 3.53. The summed E-state index contributed by atoms with van der Waals surface area (Å²) in [6, 6.07) is 7.97. The van der Waals surface area contributed by atoms with Crippen LogP contribution >= 0.6 is 0 Å². The summed E-state index contributed by atoms with van der Waals surface area (Å²) >= 11 is 0. The molecule has 1 fully saturated rings. The van der Waals surface area contributed by atoms with Gasteiger partial charge in [-0.3, -0.25) is 4.90 Å². The number of aryl methyl sites for hydroxylation is 2. The van der Waals surface area contributed by atoms with Crippen molar-refractivity contribution in [2.24, 2.45) is 0 Å². The molecule has 1 aromatic carbocycles. The highest BCUT2D eigenvalue weighted by molar-refractivity contribution is 5.35. The first-order valence-corrected chi connectivity index (χ1v) is 8.92. The van der Waals surface area contributed by atoms with Crippen LogP contribution in [-0.2, 0) is 19.4 Å². The van der Waals surface area contributed by atoms with Gasteiger partial charge in [-0.1, -0.05) is 31.5 Å². The van der Waals surface area contributed by atoms with Crippen LogP contribution in [-0.4, -0.2) is 30.6 Å². The smallest absolute Gasteiger partial charge is 0.0237 e. The summed E-state index contributed by atoms with van der Waals surface area (Å²) in [5.41, 5.74) is 4.74. The fraction of sp³-hybridized carbons (Fsp3) is 0.684. The highest BCUT2D eigenvalue weighted by Crippen LogP contribution is 2.25. The number of rotatable bonds is 6. The van der Waals surface area contributed by atoms with Crippen molar-refractivity contribution < 1.29 is 0 Å². The van der Waals surface area contributed by atoms with Crippen LogP contribution in [0.25, 0.3) is 0 Å². The number of nitrogens with one attached hydrogen (secondary N) is 1. The predicted molar refractivity (Wildman–Crippen MR) is 89.7 cm³/mol. The lowest BCUT2D eigenvalue weighted by atomic mass is 10.00. The van der Waals surface area contributed by atoms with Crippen molar-refractivity contribution in [3.05, 3.63) is 34.9 Å². The lowest BCUT2D eigenvalue weighted by Crippen LogP contribution is -2.45. The first kappa shape index (κ1) is 15.1. The Morgan fingerprint density at radius 3 is 2.95 bits per heavy atom. The Bertz CT molecular complexity index is 455. The van der Waals surface area contributed by atoms with Crippen molar-refractivity contribution in [2.75, 3.05) is 19.6 Å². The quantitative estimate of drug-likeness (QED) is 0.805. The molecular weight excluding hydrogens is 256 g/mol. The van der Waals surface area contributed by atoms with Gasteiger partial charge in [0.25, 0.3) is 0 Å². The largest absolute Gasteiger partial charge is 0.315 e. The topological polar surface area (TPSA) is 15.3 Å². The second-order valence-electron chi connectivity index (χ2n) is 6.78. The van der Waals surface area contributed by atoms with E-state index >= 15 is 0 Å².